The molecule has 0 aliphatic rings. The van der Waals surface area contributed by atoms with E-state index in [1.807, 2.05) is 0 Å². The Labute approximate surface area is 104 Å². The van der Waals surface area contributed by atoms with Gasteiger partial charge in [0.05, 0.1) is 5.57 Å². The van der Waals surface area contributed by atoms with E-state index in [1.54, 1.807) is 36.4 Å². The number of carboxylic acid groups (broad SMARTS) is 1. The maximum atomic E-state index is 10.6. The zero-order valence-electron chi connectivity index (χ0n) is 9.75. The highest BCUT2D eigenvalue weighted by molar-refractivity contribution is 5.93. The summed E-state index contributed by atoms with van der Waals surface area (Å²) in [4.78, 5) is 10.6. The van der Waals surface area contributed by atoms with Gasteiger partial charge < -0.3 is 14.9 Å². The molecule has 18 heavy (non-hydrogen) atoms. The summed E-state index contributed by atoms with van der Waals surface area (Å²) < 4.78 is 5.34. The van der Waals surface area contributed by atoms with Crippen molar-refractivity contribution in [2.45, 2.75) is 6.92 Å². The predicted molar refractivity (Wildman–Crippen MR) is 67.6 cm³/mol. The topological polar surface area (TPSA) is 66.8 Å². The number of carbonyl (C=O) groups is 1. The van der Waals surface area contributed by atoms with Crippen LogP contribution >= 0.6 is 0 Å². The summed E-state index contributed by atoms with van der Waals surface area (Å²) in [5.74, 6) is -0.362. The lowest BCUT2D eigenvalue weighted by Gasteiger charge is -2.06. The van der Waals surface area contributed by atoms with E-state index < -0.39 is 5.97 Å². The van der Waals surface area contributed by atoms with Gasteiger partial charge in [0.1, 0.15) is 17.8 Å². The third-order valence-corrected chi connectivity index (χ3v) is 2.56. The summed E-state index contributed by atoms with van der Waals surface area (Å²) in [6.07, 6.45) is 1.18. The molecule has 0 saturated carbocycles. The number of carboxylic acids is 1. The molecule has 0 aromatic heterocycles. The van der Waals surface area contributed by atoms with Crippen LogP contribution in [0.2, 0.25) is 0 Å². The molecule has 0 radical (unpaired) electrons. The minimum Gasteiger partial charge on any atom is -0.507 e. The Balaban J connectivity index is 2.43. The van der Waals surface area contributed by atoms with Crippen LogP contribution in [0.3, 0.4) is 0 Å². The van der Waals surface area contributed by atoms with Crippen LogP contribution in [-0.4, -0.2) is 16.2 Å². The van der Waals surface area contributed by atoms with Crippen LogP contribution in [0.5, 0.6) is 11.5 Å². The molecule has 0 heterocycles. The average Bonchev–Trinajstić information content (AvgIpc) is 2.36. The van der Waals surface area contributed by atoms with Crippen molar-refractivity contribution in [3.63, 3.8) is 0 Å². The Hall–Kier alpha value is -2.49. The maximum Gasteiger partial charge on any atom is 0.334 e. The van der Waals surface area contributed by atoms with Crippen LogP contribution in [0.4, 0.5) is 0 Å². The van der Waals surface area contributed by atoms with Crippen LogP contribution in [0.25, 0.3) is 10.8 Å². The molecule has 0 saturated heterocycles. The van der Waals surface area contributed by atoms with E-state index in [9.17, 15) is 9.90 Å². The number of phenols is 1. The summed E-state index contributed by atoms with van der Waals surface area (Å²) in [5, 5.41) is 19.8. The number of aliphatic carboxylic acids is 1. The Morgan fingerprint density at radius 2 is 1.83 bits per heavy atom. The van der Waals surface area contributed by atoms with Gasteiger partial charge in [0.15, 0.2) is 0 Å². The molecule has 0 aliphatic carbocycles. The molecule has 2 aromatic rings. The number of benzene rings is 2. The number of hydrogen-bond acceptors (Lipinski definition) is 3. The fraction of sp³-hybridized carbons (Fsp3) is 0.0714. The van der Waals surface area contributed by atoms with Crippen LogP contribution in [0.15, 0.2) is 48.2 Å². The van der Waals surface area contributed by atoms with Crippen LogP contribution < -0.4 is 4.74 Å². The van der Waals surface area contributed by atoms with Crippen LogP contribution in [-0.2, 0) is 4.79 Å². The Morgan fingerprint density at radius 1 is 1.17 bits per heavy atom. The SMILES string of the molecule is CC(=COc1cccc2c(O)cccc12)C(=O)O. The van der Waals surface area contributed by atoms with Crippen molar-refractivity contribution in [2.75, 3.05) is 0 Å². The lowest BCUT2D eigenvalue weighted by molar-refractivity contribution is -0.132. The molecule has 0 fully saturated rings. The van der Waals surface area contributed by atoms with Gasteiger partial charge in [0.25, 0.3) is 0 Å². The van der Waals surface area contributed by atoms with Gasteiger partial charge in [-0.25, -0.2) is 4.79 Å². The molecule has 0 unspecified atom stereocenters. The van der Waals surface area contributed by atoms with E-state index in [0.717, 1.165) is 5.39 Å². The normalized spacial score (nSPS) is 11.5. The van der Waals surface area contributed by atoms with Gasteiger partial charge in [-0.3, -0.25) is 0 Å². The number of hydrogen-bond donors (Lipinski definition) is 2. The lowest BCUT2D eigenvalue weighted by Crippen LogP contribution is -1.98. The molecule has 4 heteroatoms. The van der Waals surface area contributed by atoms with Gasteiger partial charge >= 0.3 is 5.97 Å². The van der Waals surface area contributed by atoms with Gasteiger partial charge in [0, 0.05) is 10.8 Å². The zero-order chi connectivity index (χ0) is 13.1. The molecule has 0 spiro atoms. The highest BCUT2D eigenvalue weighted by Crippen LogP contribution is 2.31. The van der Waals surface area contributed by atoms with Crippen molar-refractivity contribution in [1.29, 1.82) is 0 Å². The first-order valence-corrected chi connectivity index (χ1v) is 5.37. The second kappa shape index (κ2) is 4.79. The summed E-state index contributed by atoms with van der Waals surface area (Å²) >= 11 is 0. The molecule has 0 aliphatic heterocycles. The number of fused-ring (bicyclic) bond motifs is 1. The average molecular weight is 244 g/mol. The van der Waals surface area contributed by atoms with Crippen molar-refractivity contribution in [3.05, 3.63) is 48.2 Å². The van der Waals surface area contributed by atoms with E-state index in [-0.39, 0.29) is 11.3 Å². The Bertz CT molecular complexity index is 629. The molecular weight excluding hydrogens is 232 g/mol. The Morgan fingerprint density at radius 3 is 2.56 bits per heavy atom. The van der Waals surface area contributed by atoms with Crippen molar-refractivity contribution >= 4 is 16.7 Å². The molecule has 92 valence electrons. The van der Waals surface area contributed by atoms with Crippen LogP contribution in [0.1, 0.15) is 6.92 Å². The molecule has 2 aromatic carbocycles. The minimum absolute atomic E-state index is 0.104. The summed E-state index contributed by atoms with van der Waals surface area (Å²) in [6.45, 7) is 1.45. The molecule has 4 nitrogen and oxygen atoms in total. The minimum atomic E-state index is -1.03. The summed E-state index contributed by atoms with van der Waals surface area (Å²) in [6, 6.07) is 10.3. The van der Waals surface area contributed by atoms with Gasteiger partial charge in [-0.1, -0.05) is 24.3 Å². The van der Waals surface area contributed by atoms with Gasteiger partial charge in [-0.15, -0.1) is 0 Å². The second-order valence-corrected chi connectivity index (χ2v) is 3.85. The first-order valence-electron chi connectivity index (χ1n) is 5.37. The number of rotatable bonds is 3. The largest absolute Gasteiger partial charge is 0.507 e. The summed E-state index contributed by atoms with van der Waals surface area (Å²) in [7, 11) is 0. The molecule has 0 atom stereocenters. The van der Waals surface area contributed by atoms with Gasteiger partial charge in [0.2, 0.25) is 0 Å². The first kappa shape index (κ1) is 12.0. The van der Waals surface area contributed by atoms with Crippen molar-refractivity contribution in [3.8, 4) is 11.5 Å². The van der Waals surface area contributed by atoms with E-state index in [4.69, 9.17) is 9.84 Å². The van der Waals surface area contributed by atoms with E-state index in [2.05, 4.69) is 0 Å². The van der Waals surface area contributed by atoms with Crippen molar-refractivity contribution in [2.24, 2.45) is 0 Å². The van der Waals surface area contributed by atoms with E-state index in [0.29, 0.717) is 11.1 Å². The number of aromatic hydroxyl groups is 1. The Kier molecular flexibility index (Phi) is 3.19. The maximum absolute atomic E-state index is 10.6. The van der Waals surface area contributed by atoms with Crippen molar-refractivity contribution < 1.29 is 19.7 Å². The fourth-order valence-electron chi connectivity index (χ4n) is 1.57. The van der Waals surface area contributed by atoms with Gasteiger partial charge in [-0.05, 0) is 19.1 Å². The van der Waals surface area contributed by atoms with Crippen molar-refractivity contribution in [1.82, 2.24) is 0 Å². The predicted octanol–water partition coefficient (Wildman–Crippen LogP) is 2.91. The fourth-order valence-corrected chi connectivity index (χ4v) is 1.57. The highest BCUT2D eigenvalue weighted by Gasteiger charge is 2.05. The number of phenolic OH excluding ortho intramolecular Hbond substituents is 1. The van der Waals surface area contributed by atoms with Gasteiger partial charge in [-0.2, -0.15) is 0 Å². The zero-order valence-corrected chi connectivity index (χ0v) is 9.75. The molecule has 2 N–H and O–H groups in total. The third kappa shape index (κ3) is 2.27. The number of ether oxygens (including phenoxy) is 1. The van der Waals surface area contributed by atoms with E-state index >= 15 is 0 Å². The molecule has 0 amide bonds. The quantitative estimate of drug-likeness (QED) is 0.643. The monoisotopic (exact) mass is 244 g/mol. The standard InChI is InChI=1S/C14H12O4/c1-9(14(16)17)8-18-13-7-3-4-10-11(13)5-2-6-12(10)15/h2-8,15H,1H3,(H,16,17). The summed E-state index contributed by atoms with van der Waals surface area (Å²) in [5.41, 5.74) is 0.104. The van der Waals surface area contributed by atoms with Crippen LogP contribution in [0, 0.1) is 0 Å². The van der Waals surface area contributed by atoms with E-state index in [1.165, 1.54) is 13.2 Å². The highest BCUT2D eigenvalue weighted by atomic mass is 16.5. The smallest absolute Gasteiger partial charge is 0.334 e. The lowest BCUT2D eigenvalue weighted by atomic mass is 10.1. The third-order valence-electron chi connectivity index (χ3n) is 2.56. The first-order chi connectivity index (χ1) is 8.59. The molecule has 0 bridgehead atoms. The second-order valence-electron chi connectivity index (χ2n) is 3.85. The molecule has 2 rings (SSSR count). The molecular formula is C14H12O4.